The van der Waals surface area contributed by atoms with Crippen LogP contribution in [0.25, 0.3) is 0 Å². The molecule has 0 aromatic carbocycles. The molecule has 96 valence electrons. The van der Waals surface area contributed by atoms with E-state index in [1.54, 1.807) is 11.8 Å². The number of rotatable bonds is 5. The first-order chi connectivity index (χ1) is 7.93. The summed E-state index contributed by atoms with van der Waals surface area (Å²) in [4.78, 5) is 6.82. The Kier molecular flexibility index (Phi) is 5.32. The van der Waals surface area contributed by atoms with E-state index in [2.05, 4.69) is 15.3 Å². The van der Waals surface area contributed by atoms with Crippen molar-refractivity contribution in [2.45, 2.75) is 12.6 Å². The fourth-order valence-corrected chi connectivity index (χ4v) is 1.70. The highest BCUT2D eigenvalue weighted by molar-refractivity contribution is 7.98. The molecule has 0 saturated heterocycles. The van der Waals surface area contributed by atoms with Gasteiger partial charge in [0.15, 0.2) is 5.69 Å². The second kappa shape index (κ2) is 6.30. The summed E-state index contributed by atoms with van der Waals surface area (Å²) in [6.45, 7) is 0.547. The quantitative estimate of drug-likeness (QED) is 0.665. The molecular weight excluding hydrogens is 275 g/mol. The summed E-state index contributed by atoms with van der Waals surface area (Å²) in [6, 6.07) is 0.852. The Morgan fingerprint density at radius 3 is 2.71 bits per heavy atom. The molecule has 0 unspecified atom stereocenters. The van der Waals surface area contributed by atoms with E-state index >= 15 is 0 Å². The molecule has 0 spiro atoms. The van der Waals surface area contributed by atoms with Crippen molar-refractivity contribution >= 4 is 29.2 Å². The Labute approximate surface area is 106 Å². The summed E-state index contributed by atoms with van der Waals surface area (Å²) < 4.78 is 37.2. The van der Waals surface area contributed by atoms with Gasteiger partial charge in [-0.25, -0.2) is 9.97 Å². The predicted molar refractivity (Wildman–Crippen MR) is 63.5 cm³/mol. The number of halogens is 4. The van der Waals surface area contributed by atoms with Gasteiger partial charge in [0, 0.05) is 12.6 Å². The van der Waals surface area contributed by atoms with Crippen LogP contribution < -0.4 is 5.32 Å². The molecule has 0 radical (unpaired) electrons. The van der Waals surface area contributed by atoms with Crippen molar-refractivity contribution in [3.8, 4) is 0 Å². The van der Waals surface area contributed by atoms with Gasteiger partial charge in [-0.3, -0.25) is 0 Å². The Hall–Kier alpha value is -0.690. The number of thioether (sulfide) groups is 1. The van der Waals surface area contributed by atoms with Crippen LogP contribution in [0.5, 0.6) is 0 Å². The van der Waals surface area contributed by atoms with Gasteiger partial charge in [-0.1, -0.05) is 0 Å². The van der Waals surface area contributed by atoms with E-state index in [-0.39, 0.29) is 5.82 Å². The standard InChI is InChI=1S/C9H11ClF3N3S/c1-17-4-2-3-14-7-5-6(9(11,12)13)15-8(10)16-7/h5H,2-4H2,1H3,(H,14,15,16). The number of anilines is 1. The molecule has 0 amide bonds. The zero-order valence-electron chi connectivity index (χ0n) is 9.01. The monoisotopic (exact) mass is 285 g/mol. The van der Waals surface area contributed by atoms with Crippen LogP contribution in [0.3, 0.4) is 0 Å². The first kappa shape index (κ1) is 14.4. The van der Waals surface area contributed by atoms with E-state index in [0.29, 0.717) is 6.54 Å². The van der Waals surface area contributed by atoms with Gasteiger partial charge in [0.25, 0.3) is 0 Å². The largest absolute Gasteiger partial charge is 0.433 e. The Balaban J connectivity index is 2.69. The summed E-state index contributed by atoms with van der Waals surface area (Å²) >= 11 is 7.10. The summed E-state index contributed by atoms with van der Waals surface area (Å²) in [5.74, 6) is 1.02. The lowest BCUT2D eigenvalue weighted by atomic mass is 10.3. The minimum Gasteiger partial charge on any atom is -0.370 e. The molecule has 1 N–H and O–H groups in total. The number of alkyl halides is 3. The van der Waals surface area contributed by atoms with Crippen LogP contribution >= 0.6 is 23.4 Å². The summed E-state index contributed by atoms with van der Waals surface area (Å²) in [6.07, 6.45) is -1.71. The van der Waals surface area contributed by atoms with Gasteiger partial charge in [0.1, 0.15) is 5.82 Å². The SMILES string of the molecule is CSCCCNc1cc(C(F)(F)F)nc(Cl)n1. The molecule has 1 heterocycles. The summed E-state index contributed by atoms with van der Waals surface area (Å²) in [7, 11) is 0. The molecule has 0 fully saturated rings. The highest BCUT2D eigenvalue weighted by Gasteiger charge is 2.33. The number of aromatic nitrogens is 2. The lowest BCUT2D eigenvalue weighted by Gasteiger charge is -2.09. The zero-order valence-corrected chi connectivity index (χ0v) is 10.6. The lowest BCUT2D eigenvalue weighted by Crippen LogP contribution is -2.11. The third-order valence-electron chi connectivity index (χ3n) is 1.82. The molecule has 0 aliphatic rings. The van der Waals surface area contributed by atoms with Crippen LogP contribution in [0.15, 0.2) is 6.07 Å². The van der Waals surface area contributed by atoms with E-state index in [1.807, 2.05) is 6.26 Å². The van der Waals surface area contributed by atoms with Gasteiger partial charge < -0.3 is 5.32 Å². The van der Waals surface area contributed by atoms with Crippen molar-refractivity contribution in [2.24, 2.45) is 0 Å². The van der Waals surface area contributed by atoms with Crippen molar-refractivity contribution < 1.29 is 13.2 Å². The molecule has 0 aliphatic heterocycles. The molecular formula is C9H11ClF3N3S. The Morgan fingerprint density at radius 1 is 1.41 bits per heavy atom. The summed E-state index contributed by atoms with van der Waals surface area (Å²) in [5.41, 5.74) is -1.04. The highest BCUT2D eigenvalue weighted by Crippen LogP contribution is 2.29. The molecule has 0 aliphatic carbocycles. The maximum Gasteiger partial charge on any atom is 0.433 e. The van der Waals surface area contributed by atoms with Gasteiger partial charge in [0.05, 0.1) is 0 Å². The van der Waals surface area contributed by atoms with Crippen molar-refractivity contribution in [3.63, 3.8) is 0 Å². The Bertz CT molecular complexity index is 373. The maximum absolute atomic E-state index is 12.4. The van der Waals surface area contributed by atoms with Crippen molar-refractivity contribution in [3.05, 3.63) is 17.0 Å². The van der Waals surface area contributed by atoms with Crippen LogP contribution in [-0.4, -0.2) is 28.5 Å². The average molecular weight is 286 g/mol. The second-order valence-corrected chi connectivity index (χ2v) is 4.50. The van der Waals surface area contributed by atoms with Gasteiger partial charge in [-0.2, -0.15) is 24.9 Å². The highest BCUT2D eigenvalue weighted by atomic mass is 35.5. The number of hydrogen-bond acceptors (Lipinski definition) is 4. The topological polar surface area (TPSA) is 37.8 Å². The molecule has 17 heavy (non-hydrogen) atoms. The molecule has 1 aromatic heterocycles. The van der Waals surface area contributed by atoms with E-state index in [9.17, 15) is 13.2 Å². The fourth-order valence-electron chi connectivity index (χ4n) is 1.09. The zero-order chi connectivity index (χ0) is 12.9. The molecule has 0 saturated carbocycles. The maximum atomic E-state index is 12.4. The smallest absolute Gasteiger partial charge is 0.370 e. The summed E-state index contributed by atoms with van der Waals surface area (Å²) in [5, 5.41) is 2.37. The van der Waals surface area contributed by atoms with Gasteiger partial charge in [-0.15, -0.1) is 0 Å². The van der Waals surface area contributed by atoms with E-state index < -0.39 is 17.2 Å². The van der Waals surface area contributed by atoms with Gasteiger partial charge in [-0.05, 0) is 30.0 Å². The third kappa shape index (κ3) is 4.99. The number of nitrogens with one attached hydrogen (secondary N) is 1. The lowest BCUT2D eigenvalue weighted by molar-refractivity contribution is -0.141. The van der Waals surface area contributed by atoms with Gasteiger partial charge >= 0.3 is 6.18 Å². The molecule has 1 rings (SSSR count). The van der Waals surface area contributed by atoms with E-state index in [0.717, 1.165) is 18.2 Å². The van der Waals surface area contributed by atoms with Crippen LogP contribution in [0.1, 0.15) is 12.1 Å². The second-order valence-electron chi connectivity index (χ2n) is 3.18. The third-order valence-corrected chi connectivity index (χ3v) is 2.69. The molecule has 3 nitrogen and oxygen atoms in total. The van der Waals surface area contributed by atoms with Crippen molar-refractivity contribution in [2.75, 3.05) is 23.9 Å². The molecule has 0 atom stereocenters. The normalized spacial score (nSPS) is 11.6. The first-order valence-electron chi connectivity index (χ1n) is 4.78. The average Bonchev–Trinajstić information content (AvgIpc) is 2.22. The number of nitrogens with zero attached hydrogens (tertiary/aromatic N) is 2. The van der Waals surface area contributed by atoms with E-state index in [1.165, 1.54) is 0 Å². The van der Waals surface area contributed by atoms with Crippen LogP contribution in [0.2, 0.25) is 5.28 Å². The minimum absolute atomic E-state index is 0.0958. The molecule has 8 heteroatoms. The number of hydrogen-bond donors (Lipinski definition) is 1. The predicted octanol–water partition coefficient (Wildman–Crippen LogP) is 3.31. The molecule has 1 aromatic rings. The molecule has 0 bridgehead atoms. The van der Waals surface area contributed by atoms with Crippen LogP contribution in [-0.2, 0) is 6.18 Å². The Morgan fingerprint density at radius 2 is 2.12 bits per heavy atom. The fraction of sp³-hybridized carbons (Fsp3) is 0.556. The minimum atomic E-state index is -4.51. The van der Waals surface area contributed by atoms with Crippen LogP contribution in [0.4, 0.5) is 19.0 Å². The van der Waals surface area contributed by atoms with Crippen molar-refractivity contribution in [1.82, 2.24) is 9.97 Å². The van der Waals surface area contributed by atoms with E-state index in [4.69, 9.17) is 11.6 Å². The van der Waals surface area contributed by atoms with Crippen LogP contribution in [0, 0.1) is 0 Å². The first-order valence-corrected chi connectivity index (χ1v) is 6.55. The van der Waals surface area contributed by atoms with Crippen molar-refractivity contribution in [1.29, 1.82) is 0 Å². The van der Waals surface area contributed by atoms with Gasteiger partial charge in [0.2, 0.25) is 5.28 Å².